The summed E-state index contributed by atoms with van der Waals surface area (Å²) in [4.78, 5) is 4.50. The summed E-state index contributed by atoms with van der Waals surface area (Å²) in [6.07, 6.45) is 9.08. The Hall–Kier alpha value is -1.87. The molecule has 9 heteroatoms. The molecule has 0 radical (unpaired) electrons. The molecular weight excluding hydrogens is 472 g/mol. The first-order valence-electron chi connectivity index (χ1n) is 12.1. The van der Waals surface area contributed by atoms with E-state index in [1.165, 1.54) is 6.26 Å². The Morgan fingerprint density at radius 1 is 1.03 bits per heavy atom. The molecule has 186 valence electrons. The zero-order valence-electron chi connectivity index (χ0n) is 19.7. The number of hydrogen-bond acceptors (Lipinski definition) is 6. The summed E-state index contributed by atoms with van der Waals surface area (Å²) in [5, 5.41) is 7.76. The molecular formula is C25H35ClN4O3S. The number of aromatic nitrogens is 1. The van der Waals surface area contributed by atoms with Crippen LogP contribution in [-0.4, -0.2) is 52.0 Å². The summed E-state index contributed by atoms with van der Waals surface area (Å²) < 4.78 is 30.8. The smallest absolute Gasteiger partial charge is 0.208 e. The lowest BCUT2D eigenvalue weighted by molar-refractivity contribution is 0.0699. The summed E-state index contributed by atoms with van der Waals surface area (Å²) in [5.41, 5.74) is 3.11. The van der Waals surface area contributed by atoms with Crippen LogP contribution in [0.25, 0.3) is 11.1 Å². The summed E-state index contributed by atoms with van der Waals surface area (Å²) >= 11 is 6.53. The molecule has 1 saturated carbocycles. The van der Waals surface area contributed by atoms with Crippen LogP contribution in [-0.2, 0) is 14.8 Å². The maximum atomic E-state index is 11.3. The van der Waals surface area contributed by atoms with E-state index in [-0.39, 0.29) is 0 Å². The molecule has 1 aromatic carbocycles. The van der Waals surface area contributed by atoms with Gasteiger partial charge in [-0.15, -0.1) is 0 Å². The number of hydrogen-bond donors (Lipinski definition) is 3. The van der Waals surface area contributed by atoms with Gasteiger partial charge in [-0.25, -0.2) is 18.1 Å². The van der Waals surface area contributed by atoms with E-state index >= 15 is 0 Å². The summed E-state index contributed by atoms with van der Waals surface area (Å²) in [5.74, 6) is 1.85. The molecule has 0 bridgehead atoms. The second kappa shape index (κ2) is 11.7. The van der Waals surface area contributed by atoms with Gasteiger partial charge in [-0.3, -0.25) is 0 Å². The highest BCUT2D eigenvalue weighted by Crippen LogP contribution is 2.32. The van der Waals surface area contributed by atoms with Gasteiger partial charge in [-0.2, -0.15) is 0 Å². The number of pyridine rings is 1. The number of anilines is 2. The molecule has 1 aliphatic heterocycles. The van der Waals surface area contributed by atoms with Gasteiger partial charge in [0.2, 0.25) is 10.0 Å². The van der Waals surface area contributed by atoms with Crippen molar-refractivity contribution < 1.29 is 13.2 Å². The Labute approximate surface area is 208 Å². The van der Waals surface area contributed by atoms with Gasteiger partial charge in [0, 0.05) is 49.8 Å². The highest BCUT2D eigenvalue weighted by atomic mass is 35.5. The van der Waals surface area contributed by atoms with E-state index in [0.29, 0.717) is 29.4 Å². The van der Waals surface area contributed by atoms with Crippen LogP contribution < -0.4 is 15.4 Å². The van der Waals surface area contributed by atoms with Crippen LogP contribution in [0.5, 0.6) is 0 Å². The predicted molar refractivity (Wildman–Crippen MR) is 139 cm³/mol. The fraction of sp³-hybridized carbons (Fsp3) is 0.560. The molecule has 2 fully saturated rings. The molecule has 34 heavy (non-hydrogen) atoms. The van der Waals surface area contributed by atoms with Gasteiger partial charge in [0.1, 0.15) is 5.82 Å². The maximum Gasteiger partial charge on any atom is 0.208 e. The molecule has 1 saturated heterocycles. The molecule has 1 aliphatic carbocycles. The van der Waals surface area contributed by atoms with Crippen LogP contribution in [0.3, 0.4) is 0 Å². The van der Waals surface area contributed by atoms with Crippen molar-refractivity contribution in [1.29, 1.82) is 0 Å². The molecule has 0 atom stereocenters. The van der Waals surface area contributed by atoms with Gasteiger partial charge in [0.05, 0.1) is 11.3 Å². The van der Waals surface area contributed by atoms with Crippen LogP contribution in [0.15, 0.2) is 36.5 Å². The molecule has 0 amide bonds. The normalized spacial score (nSPS) is 21.8. The number of rotatable bonds is 9. The van der Waals surface area contributed by atoms with Crippen molar-refractivity contribution in [1.82, 2.24) is 9.71 Å². The van der Waals surface area contributed by atoms with Crippen molar-refractivity contribution in [2.24, 2.45) is 11.8 Å². The van der Waals surface area contributed by atoms with Crippen LogP contribution in [0.2, 0.25) is 5.02 Å². The van der Waals surface area contributed by atoms with Gasteiger partial charge < -0.3 is 15.4 Å². The van der Waals surface area contributed by atoms with Crippen molar-refractivity contribution in [3.05, 3.63) is 41.6 Å². The number of nitrogens with one attached hydrogen (secondary N) is 3. The number of ether oxygens (including phenoxy) is 1. The van der Waals surface area contributed by atoms with Crippen molar-refractivity contribution in [2.45, 2.75) is 44.6 Å². The van der Waals surface area contributed by atoms with Crippen molar-refractivity contribution in [3.8, 4) is 11.1 Å². The van der Waals surface area contributed by atoms with Crippen molar-refractivity contribution >= 4 is 33.1 Å². The van der Waals surface area contributed by atoms with Crippen molar-refractivity contribution in [2.75, 3.05) is 43.2 Å². The first-order chi connectivity index (χ1) is 16.4. The third-order valence-corrected chi connectivity index (χ3v) is 7.79. The average molecular weight is 507 g/mol. The lowest BCUT2D eigenvalue weighted by Crippen LogP contribution is -2.33. The number of nitrogens with zero attached hydrogens (tertiary/aromatic N) is 1. The van der Waals surface area contributed by atoms with E-state index in [2.05, 4.69) is 44.6 Å². The minimum Gasteiger partial charge on any atom is -0.385 e. The van der Waals surface area contributed by atoms with Gasteiger partial charge >= 0.3 is 0 Å². The van der Waals surface area contributed by atoms with Crippen LogP contribution in [0.1, 0.15) is 38.5 Å². The fourth-order valence-electron chi connectivity index (χ4n) is 4.74. The molecule has 7 nitrogen and oxygen atoms in total. The van der Waals surface area contributed by atoms with E-state index in [1.807, 2.05) is 6.07 Å². The summed E-state index contributed by atoms with van der Waals surface area (Å²) in [7, 11) is -3.13. The van der Waals surface area contributed by atoms with E-state index < -0.39 is 10.0 Å². The SMILES string of the molecule is CS(=O)(=O)NCC1CCC(Nc2cc(-c3cccc(NCC4CCOCC4)c3)c(Cl)cn2)CC1. The third kappa shape index (κ3) is 7.57. The highest BCUT2D eigenvalue weighted by molar-refractivity contribution is 7.88. The molecule has 2 aromatic rings. The lowest BCUT2D eigenvalue weighted by atomic mass is 9.86. The van der Waals surface area contributed by atoms with E-state index in [1.54, 1.807) is 6.20 Å². The first kappa shape index (κ1) is 25.2. The minimum absolute atomic E-state index is 0.323. The Kier molecular flexibility index (Phi) is 8.69. The third-order valence-electron chi connectivity index (χ3n) is 6.80. The maximum absolute atomic E-state index is 11.3. The highest BCUT2D eigenvalue weighted by Gasteiger charge is 2.22. The molecule has 1 aromatic heterocycles. The monoisotopic (exact) mass is 506 g/mol. The van der Waals surface area contributed by atoms with Crippen molar-refractivity contribution in [3.63, 3.8) is 0 Å². The van der Waals surface area contributed by atoms with E-state index in [4.69, 9.17) is 16.3 Å². The Balaban J connectivity index is 1.35. The number of sulfonamides is 1. The molecule has 0 unspecified atom stereocenters. The molecule has 3 N–H and O–H groups in total. The van der Waals surface area contributed by atoms with Crippen LogP contribution in [0.4, 0.5) is 11.5 Å². The Bertz CT molecular complexity index is 1050. The fourth-order valence-corrected chi connectivity index (χ4v) is 5.49. The van der Waals surface area contributed by atoms with Gasteiger partial charge in [0.15, 0.2) is 0 Å². The molecule has 2 aliphatic rings. The van der Waals surface area contributed by atoms with Crippen LogP contribution in [0, 0.1) is 11.8 Å². The zero-order chi connectivity index (χ0) is 24.0. The summed E-state index contributed by atoms with van der Waals surface area (Å²) in [6.45, 7) is 3.18. The largest absolute Gasteiger partial charge is 0.385 e. The molecule has 0 spiro atoms. The molecule has 2 heterocycles. The quantitative estimate of drug-likeness (QED) is 0.454. The Morgan fingerprint density at radius 2 is 1.76 bits per heavy atom. The zero-order valence-corrected chi connectivity index (χ0v) is 21.3. The number of benzene rings is 1. The summed E-state index contributed by atoms with van der Waals surface area (Å²) in [6, 6.07) is 10.7. The van der Waals surface area contributed by atoms with E-state index in [9.17, 15) is 8.42 Å². The second-order valence-corrected chi connectivity index (χ2v) is 11.8. The standard InChI is InChI=1S/C25H35ClN4O3S/c1-34(31,32)29-16-18-5-7-21(8-6-18)30-25-14-23(24(26)17-28-25)20-3-2-4-22(13-20)27-15-19-9-11-33-12-10-19/h2-4,13-14,17-19,21,27,29H,5-12,15-16H2,1H3,(H,28,30). The number of halogens is 1. The van der Waals surface area contributed by atoms with Gasteiger partial charge in [0.25, 0.3) is 0 Å². The second-order valence-electron chi connectivity index (χ2n) is 9.55. The van der Waals surface area contributed by atoms with E-state index in [0.717, 1.165) is 80.9 Å². The topological polar surface area (TPSA) is 92.4 Å². The minimum atomic E-state index is -3.13. The Morgan fingerprint density at radius 3 is 2.50 bits per heavy atom. The first-order valence-corrected chi connectivity index (χ1v) is 14.4. The molecule has 4 rings (SSSR count). The predicted octanol–water partition coefficient (Wildman–Crippen LogP) is 4.76. The van der Waals surface area contributed by atoms with Gasteiger partial charge in [-0.05, 0) is 74.1 Å². The lowest BCUT2D eigenvalue weighted by Gasteiger charge is -2.29. The van der Waals surface area contributed by atoms with Gasteiger partial charge in [-0.1, -0.05) is 23.7 Å². The van der Waals surface area contributed by atoms with Crippen LogP contribution >= 0.6 is 11.6 Å². The average Bonchev–Trinajstić information content (AvgIpc) is 2.84.